The molecular weight excluding hydrogens is 308 g/mol. The van der Waals surface area contributed by atoms with Crippen LogP contribution < -0.4 is 11.3 Å². The number of imidazole rings is 1. The molecule has 21 heavy (non-hydrogen) atoms. The molecule has 0 aliphatic rings. The second-order valence-electron chi connectivity index (χ2n) is 4.22. The maximum absolute atomic E-state index is 12.9. The average Bonchev–Trinajstić information content (AvgIpc) is 2.85. The summed E-state index contributed by atoms with van der Waals surface area (Å²) in [6.07, 6.45) is -0.921. The molecule has 0 spiro atoms. The van der Waals surface area contributed by atoms with E-state index in [2.05, 4.69) is 15.0 Å². The van der Waals surface area contributed by atoms with Gasteiger partial charge in [0.2, 0.25) is 5.95 Å². The van der Waals surface area contributed by atoms with E-state index >= 15 is 0 Å². The number of ether oxygens (including phenoxy) is 1. The molecule has 0 bridgehead atoms. The highest BCUT2D eigenvalue weighted by Gasteiger charge is 2.20. The van der Waals surface area contributed by atoms with Crippen LogP contribution in [0.5, 0.6) is 0 Å². The zero-order valence-electron chi connectivity index (χ0n) is 10.6. The van der Waals surface area contributed by atoms with E-state index in [9.17, 15) is 13.8 Å². The maximum atomic E-state index is 12.9. The number of hydrogen-bond donors (Lipinski definition) is 4. The summed E-state index contributed by atoms with van der Waals surface area (Å²) in [7, 11) is -4.43. The lowest BCUT2D eigenvalue weighted by Gasteiger charge is -2.17. The monoisotopic (exact) mass is 321 g/mol. The zero-order chi connectivity index (χ0) is 15.6. The second-order valence-corrected chi connectivity index (χ2v) is 5.81. The molecule has 2 heterocycles. The molecule has 10 nitrogen and oxygen atoms in total. The fraction of sp³-hybridized carbons (Fsp3) is 0.444. The number of aromatic nitrogens is 4. The fourth-order valence-electron chi connectivity index (χ4n) is 1.67. The summed E-state index contributed by atoms with van der Waals surface area (Å²) in [6.45, 7) is -1.38. The number of hydrogen-bond acceptors (Lipinski definition) is 6. The van der Waals surface area contributed by atoms with Gasteiger partial charge in [0, 0.05) is 0 Å². The third kappa shape index (κ3) is 3.64. The molecule has 0 aliphatic carbocycles. The van der Waals surface area contributed by atoms with Crippen LogP contribution in [0, 0.1) is 0 Å². The maximum Gasteiger partial charge on any atom is 0.350 e. The van der Waals surface area contributed by atoms with Crippen LogP contribution >= 0.6 is 7.60 Å². The number of alkyl halides is 1. The van der Waals surface area contributed by atoms with Crippen molar-refractivity contribution in [3.05, 3.63) is 16.7 Å². The van der Waals surface area contributed by atoms with Gasteiger partial charge in [-0.3, -0.25) is 13.9 Å². The molecule has 0 saturated heterocycles. The van der Waals surface area contributed by atoms with Gasteiger partial charge < -0.3 is 25.2 Å². The summed E-state index contributed by atoms with van der Waals surface area (Å²) >= 11 is 0. The SMILES string of the molecule is Nc1nc2nc[nH]c2c(=O)n1C[C@@H](CF)OCP(=O)(O)O. The highest BCUT2D eigenvalue weighted by Crippen LogP contribution is 2.34. The number of H-pyrrole nitrogens is 1. The summed E-state index contributed by atoms with van der Waals surface area (Å²) in [5.74, 6) is -0.196. The van der Waals surface area contributed by atoms with Gasteiger partial charge in [0.05, 0.1) is 12.9 Å². The van der Waals surface area contributed by atoms with Crippen LogP contribution in [0.25, 0.3) is 11.2 Å². The van der Waals surface area contributed by atoms with Crippen LogP contribution in [0.4, 0.5) is 10.3 Å². The molecular formula is C9H13FN5O5P. The van der Waals surface area contributed by atoms with Crippen molar-refractivity contribution in [1.82, 2.24) is 19.5 Å². The van der Waals surface area contributed by atoms with Gasteiger partial charge >= 0.3 is 7.60 Å². The first kappa shape index (κ1) is 15.6. The van der Waals surface area contributed by atoms with E-state index in [1.165, 1.54) is 6.33 Å². The minimum absolute atomic E-state index is 0.0943. The van der Waals surface area contributed by atoms with Gasteiger partial charge in [0.1, 0.15) is 19.1 Å². The van der Waals surface area contributed by atoms with Crippen LogP contribution in [-0.4, -0.2) is 48.4 Å². The highest BCUT2D eigenvalue weighted by molar-refractivity contribution is 7.51. The first-order valence-electron chi connectivity index (χ1n) is 5.73. The molecule has 0 amide bonds. The van der Waals surface area contributed by atoms with E-state index in [1.807, 2.05) is 0 Å². The van der Waals surface area contributed by atoms with Crippen molar-refractivity contribution >= 4 is 24.7 Å². The van der Waals surface area contributed by atoms with Gasteiger partial charge in [-0.05, 0) is 0 Å². The molecule has 0 aromatic carbocycles. The van der Waals surface area contributed by atoms with E-state index in [4.69, 9.17) is 20.3 Å². The predicted octanol–water partition coefficient (Wildman–Crippen LogP) is -0.808. The van der Waals surface area contributed by atoms with E-state index in [-0.39, 0.29) is 23.7 Å². The van der Waals surface area contributed by atoms with Gasteiger partial charge in [-0.15, -0.1) is 0 Å². The minimum Gasteiger partial charge on any atom is -0.369 e. The fourth-order valence-corrected chi connectivity index (χ4v) is 2.07. The Hall–Kier alpha value is -1.81. The molecule has 0 fully saturated rings. The van der Waals surface area contributed by atoms with Crippen LogP contribution in [0.2, 0.25) is 0 Å². The van der Waals surface area contributed by atoms with Crippen molar-refractivity contribution < 1.29 is 23.5 Å². The molecule has 116 valence electrons. The number of nitrogen functional groups attached to an aromatic ring is 1. The Morgan fingerprint density at radius 1 is 1.57 bits per heavy atom. The molecule has 0 radical (unpaired) electrons. The second kappa shape index (κ2) is 5.90. The Balaban J connectivity index is 2.25. The molecule has 2 aromatic rings. The highest BCUT2D eigenvalue weighted by atomic mass is 31.2. The first-order chi connectivity index (χ1) is 9.81. The van der Waals surface area contributed by atoms with Gasteiger partial charge in [-0.25, -0.2) is 9.37 Å². The largest absolute Gasteiger partial charge is 0.369 e. The molecule has 1 atom stereocenters. The van der Waals surface area contributed by atoms with Crippen molar-refractivity contribution in [3.8, 4) is 0 Å². The summed E-state index contributed by atoms with van der Waals surface area (Å²) in [4.78, 5) is 39.7. The van der Waals surface area contributed by atoms with Crippen LogP contribution in [-0.2, 0) is 15.8 Å². The van der Waals surface area contributed by atoms with Gasteiger partial charge in [-0.1, -0.05) is 0 Å². The van der Waals surface area contributed by atoms with Crippen molar-refractivity contribution in [2.24, 2.45) is 0 Å². The van der Waals surface area contributed by atoms with E-state index < -0.39 is 32.3 Å². The summed E-state index contributed by atoms with van der Waals surface area (Å²) in [5.41, 5.74) is 5.24. The Morgan fingerprint density at radius 3 is 2.90 bits per heavy atom. The number of rotatable bonds is 6. The lowest BCUT2D eigenvalue weighted by Crippen LogP contribution is -2.32. The Bertz CT molecular complexity index is 740. The van der Waals surface area contributed by atoms with Crippen LogP contribution in [0.3, 0.4) is 0 Å². The summed E-state index contributed by atoms with van der Waals surface area (Å²) in [6, 6.07) is 0. The topological polar surface area (TPSA) is 156 Å². The Morgan fingerprint density at radius 2 is 2.29 bits per heavy atom. The number of nitrogens with zero attached hydrogens (tertiary/aromatic N) is 3. The van der Waals surface area contributed by atoms with Gasteiger partial charge in [0.25, 0.3) is 5.56 Å². The first-order valence-corrected chi connectivity index (χ1v) is 7.53. The minimum atomic E-state index is -4.43. The average molecular weight is 321 g/mol. The van der Waals surface area contributed by atoms with E-state index in [0.29, 0.717) is 0 Å². The van der Waals surface area contributed by atoms with Gasteiger partial charge in [-0.2, -0.15) is 4.98 Å². The molecule has 2 aromatic heterocycles. The molecule has 0 aliphatic heterocycles. The molecule has 0 saturated carbocycles. The zero-order valence-corrected chi connectivity index (χ0v) is 11.5. The van der Waals surface area contributed by atoms with Crippen molar-refractivity contribution in [3.63, 3.8) is 0 Å². The smallest absolute Gasteiger partial charge is 0.350 e. The molecule has 5 N–H and O–H groups in total. The number of halogens is 1. The lowest BCUT2D eigenvalue weighted by molar-refractivity contribution is 0.0436. The normalized spacial score (nSPS) is 13.7. The summed E-state index contributed by atoms with van der Waals surface area (Å²) < 4.78 is 29.3. The lowest BCUT2D eigenvalue weighted by atomic mass is 10.3. The number of nitrogens with one attached hydrogen (secondary N) is 1. The van der Waals surface area contributed by atoms with Crippen molar-refractivity contribution in [1.29, 1.82) is 0 Å². The van der Waals surface area contributed by atoms with Gasteiger partial charge in [0.15, 0.2) is 11.2 Å². The number of nitrogens with two attached hydrogens (primary N) is 1. The van der Waals surface area contributed by atoms with Crippen molar-refractivity contribution in [2.75, 3.05) is 18.8 Å². The molecule has 12 heteroatoms. The van der Waals surface area contributed by atoms with E-state index in [1.54, 1.807) is 0 Å². The number of aromatic amines is 1. The molecule has 2 rings (SSSR count). The Labute approximate surface area is 116 Å². The standard InChI is InChI=1S/C9H13FN5O5P/c10-1-5(20-4-21(17,18)19)2-15-8(16)6-7(13-3-12-6)14-9(15)11/h3,5H,1-2,4H2,(H2,11,14)(H,12,13)(H2,17,18,19)/t5-/m1/s1. The number of fused-ring (bicyclic) bond motifs is 1. The van der Waals surface area contributed by atoms with Crippen molar-refractivity contribution in [2.45, 2.75) is 12.6 Å². The molecule has 0 unspecified atom stereocenters. The van der Waals surface area contributed by atoms with E-state index in [0.717, 1.165) is 4.57 Å². The predicted molar refractivity (Wildman–Crippen MR) is 70.3 cm³/mol. The Kier molecular flexibility index (Phi) is 4.37. The third-order valence-corrected chi connectivity index (χ3v) is 3.10. The quantitative estimate of drug-likeness (QED) is 0.503. The van der Waals surface area contributed by atoms with Crippen LogP contribution in [0.1, 0.15) is 0 Å². The summed E-state index contributed by atoms with van der Waals surface area (Å²) in [5, 5.41) is 0. The van der Waals surface area contributed by atoms with Crippen LogP contribution in [0.15, 0.2) is 11.1 Å². The third-order valence-electron chi connectivity index (χ3n) is 2.61. The number of anilines is 1.